The van der Waals surface area contributed by atoms with Crippen LogP contribution in [0.5, 0.6) is 0 Å². The van der Waals surface area contributed by atoms with Crippen molar-refractivity contribution in [2.24, 2.45) is 0 Å². The first-order valence-electron chi connectivity index (χ1n) is 5.18. The molecule has 0 heterocycles. The number of amides is 1. The first-order valence-corrected chi connectivity index (χ1v) is 7.89. The van der Waals surface area contributed by atoms with Crippen molar-refractivity contribution in [1.82, 2.24) is 5.32 Å². The lowest BCUT2D eigenvalue weighted by Gasteiger charge is -2.25. The topological polar surface area (TPSA) is 29.1 Å². The van der Waals surface area contributed by atoms with Crippen LogP contribution in [0.3, 0.4) is 0 Å². The third-order valence-corrected chi connectivity index (χ3v) is 3.61. The van der Waals surface area contributed by atoms with Crippen LogP contribution in [0.15, 0.2) is 27.1 Å². The smallest absolute Gasteiger partial charge is 0.251 e. The van der Waals surface area contributed by atoms with Gasteiger partial charge in [0.1, 0.15) is 0 Å². The van der Waals surface area contributed by atoms with E-state index in [9.17, 15) is 4.79 Å². The van der Waals surface area contributed by atoms with Gasteiger partial charge in [0, 0.05) is 25.4 Å². The van der Waals surface area contributed by atoms with Gasteiger partial charge in [0.2, 0.25) is 0 Å². The normalized spacial score (nSPS) is 11.4. The summed E-state index contributed by atoms with van der Waals surface area (Å²) < 4.78 is 1.77. The largest absolute Gasteiger partial charge is 0.347 e. The third-order valence-electron chi connectivity index (χ3n) is 2.30. The van der Waals surface area contributed by atoms with E-state index in [4.69, 9.17) is 0 Å². The molecule has 0 bridgehead atoms. The Morgan fingerprint density at radius 3 is 2.24 bits per heavy atom. The average Bonchev–Trinajstić information content (AvgIpc) is 2.14. The van der Waals surface area contributed by atoms with Crippen LogP contribution in [0.1, 0.15) is 30.6 Å². The van der Waals surface area contributed by atoms with Crippen molar-refractivity contribution < 1.29 is 4.79 Å². The lowest BCUT2D eigenvalue weighted by atomic mass is 10.0. The molecular formula is C12H14Br3NO. The zero-order valence-corrected chi connectivity index (χ0v) is 14.4. The number of alkyl halides is 1. The molecule has 2 nitrogen and oxygen atoms in total. The molecule has 0 aliphatic carbocycles. The van der Waals surface area contributed by atoms with Gasteiger partial charge in [-0.3, -0.25) is 4.79 Å². The fourth-order valence-corrected chi connectivity index (χ4v) is 3.65. The minimum Gasteiger partial charge on any atom is -0.347 e. The first kappa shape index (κ1) is 15.2. The minimum atomic E-state index is -0.213. The number of carbonyl (C=O) groups excluding carboxylic acids is 1. The van der Waals surface area contributed by atoms with Gasteiger partial charge in [-0.15, -0.1) is 0 Å². The maximum atomic E-state index is 12.1. The fourth-order valence-electron chi connectivity index (χ4n) is 1.36. The highest BCUT2D eigenvalue weighted by Gasteiger charge is 2.20. The quantitative estimate of drug-likeness (QED) is 0.704. The number of halogens is 3. The van der Waals surface area contributed by atoms with Gasteiger partial charge in [0.25, 0.3) is 5.91 Å². The molecule has 0 aliphatic heterocycles. The molecule has 0 saturated heterocycles. The van der Waals surface area contributed by atoms with E-state index >= 15 is 0 Å². The number of benzene rings is 1. The molecule has 1 rings (SSSR count). The zero-order chi connectivity index (χ0) is 13.1. The summed E-state index contributed by atoms with van der Waals surface area (Å²) in [6, 6.07) is 5.52. The second-order valence-corrected chi connectivity index (χ2v) is 7.06. The van der Waals surface area contributed by atoms with Gasteiger partial charge in [-0.25, -0.2) is 0 Å². The van der Waals surface area contributed by atoms with Gasteiger partial charge in [-0.05, 0) is 38.5 Å². The predicted molar refractivity (Wildman–Crippen MR) is 81.8 cm³/mol. The molecule has 1 N–H and O–H groups in total. The molecule has 1 aromatic carbocycles. The lowest BCUT2D eigenvalue weighted by molar-refractivity contribution is 0.0912. The second-order valence-electron chi connectivity index (χ2n) is 4.44. The Balaban J connectivity index is 2.83. The van der Waals surface area contributed by atoms with Crippen molar-refractivity contribution in [2.75, 3.05) is 5.33 Å². The summed E-state index contributed by atoms with van der Waals surface area (Å²) in [5.41, 5.74) is 0.434. The molecule has 0 saturated carbocycles. The average molecular weight is 428 g/mol. The second kappa shape index (κ2) is 6.34. The van der Waals surface area contributed by atoms with Crippen molar-refractivity contribution in [3.05, 3.63) is 32.7 Å². The van der Waals surface area contributed by atoms with Gasteiger partial charge in [-0.1, -0.05) is 47.8 Å². The summed E-state index contributed by atoms with van der Waals surface area (Å²) in [4.78, 5) is 12.1. The van der Waals surface area contributed by atoms with Crippen LogP contribution >= 0.6 is 47.8 Å². The highest BCUT2D eigenvalue weighted by molar-refractivity contribution is 9.11. The highest BCUT2D eigenvalue weighted by atomic mass is 79.9. The van der Waals surface area contributed by atoms with E-state index in [-0.39, 0.29) is 11.4 Å². The molecule has 0 aromatic heterocycles. The van der Waals surface area contributed by atoms with Crippen molar-refractivity contribution in [1.29, 1.82) is 0 Å². The summed E-state index contributed by atoms with van der Waals surface area (Å²) in [5, 5.41) is 3.88. The number of nitrogens with one attached hydrogen (secondary N) is 1. The van der Waals surface area contributed by atoms with Crippen molar-refractivity contribution in [3.63, 3.8) is 0 Å². The Hall–Kier alpha value is 0.130. The summed E-state index contributed by atoms with van der Waals surface area (Å²) in [6.07, 6.45) is 0.883. The lowest BCUT2D eigenvalue weighted by Crippen LogP contribution is -2.43. The minimum absolute atomic E-state index is 0.0575. The summed E-state index contributed by atoms with van der Waals surface area (Å²) in [7, 11) is 0. The van der Waals surface area contributed by atoms with Crippen LogP contribution in [-0.2, 0) is 0 Å². The van der Waals surface area contributed by atoms with Gasteiger partial charge in [-0.2, -0.15) is 0 Å². The summed E-state index contributed by atoms with van der Waals surface area (Å²) in [5.74, 6) is -0.0575. The van der Waals surface area contributed by atoms with Gasteiger partial charge in [0.05, 0.1) is 0 Å². The van der Waals surface area contributed by atoms with Crippen molar-refractivity contribution in [3.8, 4) is 0 Å². The molecule has 17 heavy (non-hydrogen) atoms. The molecule has 0 radical (unpaired) electrons. The van der Waals surface area contributed by atoms with E-state index in [1.165, 1.54) is 0 Å². The monoisotopic (exact) mass is 425 g/mol. The Morgan fingerprint density at radius 1 is 1.24 bits per heavy atom. The maximum Gasteiger partial charge on any atom is 0.251 e. The molecule has 0 fully saturated rings. The molecule has 0 atom stereocenters. The molecule has 0 spiro atoms. The van der Waals surface area contributed by atoms with E-state index in [0.717, 1.165) is 20.7 Å². The van der Waals surface area contributed by atoms with E-state index in [2.05, 4.69) is 53.1 Å². The Kier molecular flexibility index (Phi) is 5.67. The number of carbonyl (C=O) groups is 1. The number of hydrogen-bond acceptors (Lipinski definition) is 1. The van der Waals surface area contributed by atoms with Crippen LogP contribution in [0.25, 0.3) is 0 Å². The van der Waals surface area contributed by atoms with Crippen LogP contribution < -0.4 is 5.32 Å². The molecule has 0 unspecified atom stereocenters. The Morgan fingerprint density at radius 2 is 1.76 bits per heavy atom. The van der Waals surface area contributed by atoms with Gasteiger partial charge in [0.15, 0.2) is 0 Å². The SMILES string of the molecule is CC(C)(CCBr)NC(=O)c1cc(Br)cc(Br)c1. The maximum absolute atomic E-state index is 12.1. The van der Waals surface area contributed by atoms with E-state index < -0.39 is 0 Å². The summed E-state index contributed by atoms with van der Waals surface area (Å²) in [6.45, 7) is 4.03. The summed E-state index contributed by atoms with van der Waals surface area (Å²) >= 11 is 10.1. The number of rotatable bonds is 4. The van der Waals surface area contributed by atoms with Crippen LogP contribution in [0, 0.1) is 0 Å². The van der Waals surface area contributed by atoms with Gasteiger partial charge >= 0.3 is 0 Å². The van der Waals surface area contributed by atoms with Crippen LogP contribution in [-0.4, -0.2) is 16.8 Å². The molecule has 94 valence electrons. The molecule has 1 aromatic rings. The van der Waals surface area contributed by atoms with Crippen molar-refractivity contribution >= 4 is 53.7 Å². The zero-order valence-electron chi connectivity index (χ0n) is 9.69. The number of hydrogen-bond donors (Lipinski definition) is 1. The molecule has 1 amide bonds. The van der Waals surface area contributed by atoms with E-state index in [0.29, 0.717) is 5.56 Å². The van der Waals surface area contributed by atoms with E-state index in [1.54, 1.807) is 0 Å². The molecule has 0 aliphatic rings. The third kappa shape index (κ3) is 5.10. The molecule has 5 heteroatoms. The van der Waals surface area contributed by atoms with Crippen LogP contribution in [0.4, 0.5) is 0 Å². The van der Waals surface area contributed by atoms with E-state index in [1.807, 2.05) is 32.0 Å². The van der Waals surface area contributed by atoms with Crippen molar-refractivity contribution in [2.45, 2.75) is 25.8 Å². The fraction of sp³-hybridized carbons (Fsp3) is 0.417. The standard InChI is InChI=1S/C12H14Br3NO/c1-12(2,3-4-13)16-11(17)8-5-9(14)7-10(15)6-8/h5-7H,3-4H2,1-2H3,(H,16,17). The molecular weight excluding hydrogens is 414 g/mol. The Labute approximate surface area is 127 Å². The first-order chi connectivity index (χ1) is 7.84. The predicted octanol–water partition coefficient (Wildman–Crippen LogP) is 4.51. The Bertz CT molecular complexity index is 398. The van der Waals surface area contributed by atoms with Crippen LogP contribution in [0.2, 0.25) is 0 Å². The van der Waals surface area contributed by atoms with Gasteiger partial charge < -0.3 is 5.32 Å². The highest BCUT2D eigenvalue weighted by Crippen LogP contribution is 2.21.